The minimum absolute atomic E-state index is 0.0527. The normalized spacial score (nSPS) is 13.2. The molecule has 0 amide bonds. The van der Waals surface area contributed by atoms with Crippen molar-refractivity contribution in [3.63, 3.8) is 0 Å². The van der Waals surface area contributed by atoms with Gasteiger partial charge in [0.2, 0.25) is 0 Å². The molecule has 1 unspecified atom stereocenters. The molecule has 3 nitrogen and oxygen atoms in total. The molecule has 0 fully saturated rings. The molecule has 0 aliphatic heterocycles. The van der Waals surface area contributed by atoms with Crippen LogP contribution in [0.15, 0.2) is 59.5 Å². The Labute approximate surface area is 111 Å². The molecule has 100 valence electrons. The second-order valence-electron chi connectivity index (χ2n) is 4.13. The SMILES string of the molecule is NCC(c1ccc(F)cc1)S(=O)(=O)c1ccccc1. The maximum absolute atomic E-state index is 12.9. The second-order valence-corrected chi connectivity index (χ2v) is 6.26. The largest absolute Gasteiger partial charge is 0.329 e. The van der Waals surface area contributed by atoms with E-state index < -0.39 is 20.9 Å². The van der Waals surface area contributed by atoms with E-state index >= 15 is 0 Å². The zero-order valence-electron chi connectivity index (χ0n) is 10.2. The highest BCUT2D eigenvalue weighted by Gasteiger charge is 2.27. The molecular formula is C14H14FNO2S. The van der Waals surface area contributed by atoms with Crippen molar-refractivity contribution in [1.82, 2.24) is 0 Å². The first-order valence-electron chi connectivity index (χ1n) is 5.80. The van der Waals surface area contributed by atoms with Gasteiger partial charge in [-0.2, -0.15) is 0 Å². The summed E-state index contributed by atoms with van der Waals surface area (Å²) in [5.74, 6) is -0.406. The summed E-state index contributed by atoms with van der Waals surface area (Å²) < 4.78 is 37.8. The first-order chi connectivity index (χ1) is 9.05. The highest BCUT2D eigenvalue weighted by Crippen LogP contribution is 2.27. The minimum Gasteiger partial charge on any atom is -0.329 e. The van der Waals surface area contributed by atoms with E-state index in [1.54, 1.807) is 18.2 Å². The summed E-state index contributed by atoms with van der Waals surface area (Å²) >= 11 is 0. The van der Waals surface area contributed by atoms with Gasteiger partial charge in [-0.3, -0.25) is 0 Å². The molecule has 0 aliphatic carbocycles. The monoisotopic (exact) mass is 279 g/mol. The standard InChI is InChI=1S/C14H14FNO2S/c15-12-8-6-11(7-9-12)14(10-16)19(17,18)13-4-2-1-3-5-13/h1-9,14H,10,16H2. The van der Waals surface area contributed by atoms with Crippen LogP contribution in [0.4, 0.5) is 4.39 Å². The Hall–Kier alpha value is -1.72. The quantitative estimate of drug-likeness (QED) is 0.934. The number of rotatable bonds is 4. The lowest BCUT2D eigenvalue weighted by Crippen LogP contribution is -2.22. The van der Waals surface area contributed by atoms with E-state index in [4.69, 9.17) is 5.73 Å². The number of sulfone groups is 1. The van der Waals surface area contributed by atoms with Crippen molar-refractivity contribution in [3.8, 4) is 0 Å². The Morgan fingerprint density at radius 2 is 1.58 bits per heavy atom. The molecule has 2 N–H and O–H groups in total. The molecule has 2 rings (SSSR count). The molecule has 5 heteroatoms. The van der Waals surface area contributed by atoms with E-state index in [-0.39, 0.29) is 11.4 Å². The molecule has 0 aliphatic rings. The summed E-state index contributed by atoms with van der Waals surface area (Å²) in [5, 5.41) is -0.865. The minimum atomic E-state index is -3.56. The third kappa shape index (κ3) is 2.83. The average Bonchev–Trinajstić information content (AvgIpc) is 2.42. The second kappa shape index (κ2) is 5.50. The summed E-state index contributed by atoms with van der Waals surface area (Å²) in [7, 11) is -3.56. The Morgan fingerprint density at radius 3 is 2.11 bits per heavy atom. The maximum atomic E-state index is 12.9. The molecule has 0 bridgehead atoms. The van der Waals surface area contributed by atoms with Crippen molar-refractivity contribution in [2.45, 2.75) is 10.1 Å². The van der Waals surface area contributed by atoms with Gasteiger partial charge in [0.25, 0.3) is 0 Å². The van der Waals surface area contributed by atoms with Crippen LogP contribution in [0.25, 0.3) is 0 Å². The van der Waals surface area contributed by atoms with Crippen molar-refractivity contribution in [2.24, 2.45) is 5.73 Å². The lowest BCUT2D eigenvalue weighted by Gasteiger charge is -2.16. The maximum Gasteiger partial charge on any atom is 0.186 e. The van der Waals surface area contributed by atoms with Crippen molar-refractivity contribution in [1.29, 1.82) is 0 Å². The van der Waals surface area contributed by atoms with Crippen LogP contribution < -0.4 is 5.73 Å². The van der Waals surface area contributed by atoms with Crippen molar-refractivity contribution in [2.75, 3.05) is 6.54 Å². The zero-order chi connectivity index (χ0) is 13.9. The third-order valence-electron chi connectivity index (χ3n) is 2.90. The van der Waals surface area contributed by atoms with Gasteiger partial charge in [-0.05, 0) is 29.8 Å². The van der Waals surface area contributed by atoms with Gasteiger partial charge in [0.15, 0.2) is 9.84 Å². The topological polar surface area (TPSA) is 60.2 Å². The Morgan fingerprint density at radius 1 is 1.00 bits per heavy atom. The smallest absolute Gasteiger partial charge is 0.186 e. The molecule has 2 aromatic carbocycles. The van der Waals surface area contributed by atoms with E-state index in [0.717, 1.165) is 0 Å². The van der Waals surface area contributed by atoms with Crippen LogP contribution in [0.3, 0.4) is 0 Å². The van der Waals surface area contributed by atoms with E-state index in [2.05, 4.69) is 0 Å². The lowest BCUT2D eigenvalue weighted by molar-refractivity contribution is 0.581. The van der Waals surface area contributed by atoms with E-state index in [1.807, 2.05) is 0 Å². The van der Waals surface area contributed by atoms with Crippen molar-refractivity contribution in [3.05, 3.63) is 66.0 Å². The van der Waals surface area contributed by atoms with Gasteiger partial charge in [-0.15, -0.1) is 0 Å². The Kier molecular flexibility index (Phi) is 3.97. The first kappa shape index (κ1) is 13.7. The van der Waals surface area contributed by atoms with Gasteiger partial charge >= 0.3 is 0 Å². The fraction of sp³-hybridized carbons (Fsp3) is 0.143. The van der Waals surface area contributed by atoms with Gasteiger partial charge in [-0.1, -0.05) is 30.3 Å². The van der Waals surface area contributed by atoms with Crippen LogP contribution in [0, 0.1) is 5.82 Å². The fourth-order valence-electron chi connectivity index (χ4n) is 1.89. The molecule has 0 heterocycles. The molecule has 0 spiro atoms. The third-order valence-corrected chi connectivity index (χ3v) is 5.05. The fourth-order valence-corrected chi connectivity index (χ4v) is 3.53. The molecule has 0 saturated heterocycles. The van der Waals surface area contributed by atoms with E-state index in [1.165, 1.54) is 36.4 Å². The summed E-state index contributed by atoms with van der Waals surface area (Å²) in [6.45, 7) is -0.0527. The lowest BCUT2D eigenvalue weighted by atomic mass is 10.1. The number of benzene rings is 2. The number of hydrogen-bond donors (Lipinski definition) is 1. The van der Waals surface area contributed by atoms with Crippen molar-refractivity contribution < 1.29 is 12.8 Å². The number of nitrogens with two attached hydrogens (primary N) is 1. The van der Waals surface area contributed by atoms with Crippen LogP contribution in [0.5, 0.6) is 0 Å². The molecule has 0 radical (unpaired) electrons. The highest BCUT2D eigenvalue weighted by atomic mass is 32.2. The van der Waals surface area contributed by atoms with Gasteiger partial charge in [0.1, 0.15) is 11.1 Å². The molecule has 2 aromatic rings. The first-order valence-corrected chi connectivity index (χ1v) is 7.35. The highest BCUT2D eigenvalue weighted by molar-refractivity contribution is 7.91. The van der Waals surface area contributed by atoms with E-state index in [9.17, 15) is 12.8 Å². The van der Waals surface area contributed by atoms with Crippen LogP contribution in [0.2, 0.25) is 0 Å². The van der Waals surface area contributed by atoms with Gasteiger partial charge < -0.3 is 5.73 Å². The van der Waals surface area contributed by atoms with Crippen LogP contribution in [-0.2, 0) is 9.84 Å². The molecule has 0 saturated carbocycles. The van der Waals surface area contributed by atoms with Crippen LogP contribution in [0.1, 0.15) is 10.8 Å². The van der Waals surface area contributed by atoms with E-state index in [0.29, 0.717) is 5.56 Å². The van der Waals surface area contributed by atoms with Gasteiger partial charge in [-0.25, -0.2) is 12.8 Å². The van der Waals surface area contributed by atoms with Crippen LogP contribution >= 0.6 is 0 Å². The molecule has 19 heavy (non-hydrogen) atoms. The predicted octanol–water partition coefficient (Wildman–Crippen LogP) is 2.30. The van der Waals surface area contributed by atoms with Crippen molar-refractivity contribution >= 4 is 9.84 Å². The Balaban J connectivity index is 2.45. The summed E-state index contributed by atoms with van der Waals surface area (Å²) in [5.41, 5.74) is 6.09. The number of halogens is 1. The van der Waals surface area contributed by atoms with Crippen LogP contribution in [-0.4, -0.2) is 15.0 Å². The van der Waals surface area contributed by atoms with Gasteiger partial charge in [0, 0.05) is 6.54 Å². The summed E-state index contributed by atoms with van der Waals surface area (Å²) in [6.07, 6.45) is 0. The molecule has 1 atom stereocenters. The average molecular weight is 279 g/mol. The molecular weight excluding hydrogens is 265 g/mol. The number of hydrogen-bond acceptors (Lipinski definition) is 3. The summed E-state index contributed by atoms with van der Waals surface area (Å²) in [6, 6.07) is 13.5. The Bertz CT molecular complexity index is 639. The zero-order valence-corrected chi connectivity index (χ0v) is 11.0. The predicted molar refractivity (Wildman–Crippen MR) is 71.8 cm³/mol. The van der Waals surface area contributed by atoms with Gasteiger partial charge in [0.05, 0.1) is 4.90 Å². The summed E-state index contributed by atoms with van der Waals surface area (Å²) in [4.78, 5) is 0.217. The molecule has 0 aromatic heterocycles.